The van der Waals surface area contributed by atoms with Crippen LogP contribution in [-0.2, 0) is 4.79 Å². The second kappa shape index (κ2) is 9.80. The van der Waals surface area contributed by atoms with Crippen LogP contribution >= 0.6 is 0 Å². The quantitative estimate of drug-likeness (QED) is 0.756. The van der Waals surface area contributed by atoms with Crippen LogP contribution < -0.4 is 15.0 Å². The van der Waals surface area contributed by atoms with E-state index in [1.165, 1.54) is 25.7 Å². The molecule has 1 aliphatic rings. The van der Waals surface area contributed by atoms with Gasteiger partial charge in [0.05, 0.1) is 18.5 Å². The van der Waals surface area contributed by atoms with Gasteiger partial charge in [-0.1, -0.05) is 31.0 Å². The first-order valence-electron chi connectivity index (χ1n) is 9.50. The molecule has 1 saturated heterocycles. The SMILES string of the molecule is O=C(CCCOc1ccccc1)Nc1ccc(N2CCCCCC2)cn1. The number of hydrogen-bond donors (Lipinski definition) is 1. The number of benzene rings is 1. The van der Waals surface area contributed by atoms with Gasteiger partial charge in [-0.15, -0.1) is 0 Å². The molecular formula is C21H27N3O2. The molecule has 138 valence electrons. The van der Waals surface area contributed by atoms with Crippen molar-refractivity contribution in [1.29, 1.82) is 0 Å². The molecule has 2 heterocycles. The highest BCUT2D eigenvalue weighted by atomic mass is 16.5. The highest BCUT2D eigenvalue weighted by molar-refractivity contribution is 5.89. The molecule has 0 saturated carbocycles. The number of anilines is 2. The Labute approximate surface area is 155 Å². The highest BCUT2D eigenvalue weighted by Crippen LogP contribution is 2.20. The van der Waals surface area contributed by atoms with E-state index in [-0.39, 0.29) is 5.91 Å². The van der Waals surface area contributed by atoms with Crippen molar-refractivity contribution in [3.05, 3.63) is 48.7 Å². The lowest BCUT2D eigenvalue weighted by atomic mass is 10.2. The molecule has 0 unspecified atom stereocenters. The summed E-state index contributed by atoms with van der Waals surface area (Å²) in [4.78, 5) is 18.8. The fraction of sp³-hybridized carbons (Fsp3) is 0.429. The van der Waals surface area contributed by atoms with Crippen LogP contribution in [-0.4, -0.2) is 30.6 Å². The molecule has 1 fully saturated rings. The molecule has 2 aromatic rings. The van der Waals surface area contributed by atoms with E-state index in [9.17, 15) is 4.79 Å². The zero-order chi connectivity index (χ0) is 18.0. The van der Waals surface area contributed by atoms with Crippen LogP contribution in [0.25, 0.3) is 0 Å². The standard InChI is InChI=1S/C21H27N3O2/c25-21(11-8-16-26-19-9-4-3-5-10-19)23-20-13-12-18(17-22-20)24-14-6-1-2-7-15-24/h3-5,9-10,12-13,17H,1-2,6-8,11,14-16H2,(H,22,23,25). The highest BCUT2D eigenvalue weighted by Gasteiger charge is 2.10. The average molecular weight is 353 g/mol. The lowest BCUT2D eigenvalue weighted by molar-refractivity contribution is -0.116. The molecule has 1 aromatic carbocycles. The maximum absolute atomic E-state index is 12.0. The summed E-state index contributed by atoms with van der Waals surface area (Å²) < 4.78 is 5.60. The van der Waals surface area contributed by atoms with Gasteiger partial charge in [0, 0.05) is 19.5 Å². The van der Waals surface area contributed by atoms with Gasteiger partial charge in [0.2, 0.25) is 5.91 Å². The van der Waals surface area contributed by atoms with E-state index in [2.05, 4.69) is 15.2 Å². The zero-order valence-electron chi connectivity index (χ0n) is 15.2. The lowest BCUT2D eigenvalue weighted by Crippen LogP contribution is -2.24. The van der Waals surface area contributed by atoms with Gasteiger partial charge in [0.15, 0.2) is 0 Å². The van der Waals surface area contributed by atoms with Gasteiger partial charge in [0.25, 0.3) is 0 Å². The van der Waals surface area contributed by atoms with Crippen molar-refractivity contribution in [3.8, 4) is 5.75 Å². The number of hydrogen-bond acceptors (Lipinski definition) is 4. The van der Waals surface area contributed by atoms with E-state index in [1.807, 2.05) is 48.7 Å². The number of rotatable bonds is 7. The van der Waals surface area contributed by atoms with Crippen molar-refractivity contribution in [2.45, 2.75) is 38.5 Å². The molecule has 26 heavy (non-hydrogen) atoms. The summed E-state index contributed by atoms with van der Waals surface area (Å²) in [5.74, 6) is 1.41. The minimum absolute atomic E-state index is 0.0308. The summed E-state index contributed by atoms with van der Waals surface area (Å²) in [6, 6.07) is 13.6. The fourth-order valence-electron chi connectivity index (χ4n) is 3.12. The minimum Gasteiger partial charge on any atom is -0.494 e. The predicted octanol–water partition coefficient (Wildman–Crippen LogP) is 4.26. The van der Waals surface area contributed by atoms with Crippen LogP contribution in [0.2, 0.25) is 0 Å². The summed E-state index contributed by atoms with van der Waals surface area (Å²) in [5.41, 5.74) is 1.14. The normalized spacial score (nSPS) is 14.5. The van der Waals surface area contributed by atoms with Crippen molar-refractivity contribution in [2.75, 3.05) is 29.9 Å². The first-order valence-corrected chi connectivity index (χ1v) is 9.50. The molecule has 1 aromatic heterocycles. The Kier molecular flexibility index (Phi) is 6.88. The van der Waals surface area contributed by atoms with Gasteiger partial charge in [-0.3, -0.25) is 4.79 Å². The summed E-state index contributed by atoms with van der Waals surface area (Å²) in [6.07, 6.45) is 8.06. The van der Waals surface area contributed by atoms with Crippen LogP contribution in [0.15, 0.2) is 48.7 Å². The molecule has 5 heteroatoms. The van der Waals surface area contributed by atoms with Crippen LogP contribution in [0.4, 0.5) is 11.5 Å². The third-order valence-electron chi connectivity index (χ3n) is 4.55. The first kappa shape index (κ1) is 18.2. The molecule has 3 rings (SSSR count). The molecule has 0 bridgehead atoms. The third-order valence-corrected chi connectivity index (χ3v) is 4.55. The van der Waals surface area contributed by atoms with Gasteiger partial charge in [-0.2, -0.15) is 0 Å². The Bertz CT molecular complexity index is 665. The number of amides is 1. The number of para-hydroxylation sites is 1. The number of carbonyl (C=O) groups is 1. The maximum atomic E-state index is 12.0. The van der Waals surface area contributed by atoms with Gasteiger partial charge >= 0.3 is 0 Å². The first-order chi connectivity index (χ1) is 12.8. The van der Waals surface area contributed by atoms with Crippen molar-refractivity contribution in [2.24, 2.45) is 0 Å². The number of nitrogens with zero attached hydrogens (tertiary/aromatic N) is 2. The van der Waals surface area contributed by atoms with Gasteiger partial charge in [0.1, 0.15) is 11.6 Å². The van der Waals surface area contributed by atoms with Crippen molar-refractivity contribution >= 4 is 17.4 Å². The number of ether oxygens (including phenoxy) is 1. The van der Waals surface area contributed by atoms with Crippen LogP contribution in [0, 0.1) is 0 Å². The average Bonchev–Trinajstić information content (AvgIpc) is 2.96. The van der Waals surface area contributed by atoms with Crippen molar-refractivity contribution in [1.82, 2.24) is 4.98 Å². The van der Waals surface area contributed by atoms with Crippen LogP contribution in [0.5, 0.6) is 5.75 Å². The summed E-state index contributed by atoms with van der Waals surface area (Å²) in [6.45, 7) is 2.71. The summed E-state index contributed by atoms with van der Waals surface area (Å²) in [5, 5.41) is 2.86. The van der Waals surface area contributed by atoms with Gasteiger partial charge in [-0.05, 0) is 43.5 Å². The van der Waals surface area contributed by atoms with E-state index >= 15 is 0 Å². The van der Waals surface area contributed by atoms with Crippen molar-refractivity contribution in [3.63, 3.8) is 0 Å². The number of carbonyl (C=O) groups excluding carboxylic acids is 1. The molecule has 0 spiro atoms. The van der Waals surface area contributed by atoms with Crippen LogP contribution in [0.3, 0.4) is 0 Å². The largest absolute Gasteiger partial charge is 0.494 e. The Morgan fingerprint density at radius 3 is 2.50 bits per heavy atom. The Morgan fingerprint density at radius 2 is 1.81 bits per heavy atom. The zero-order valence-corrected chi connectivity index (χ0v) is 15.2. The van der Waals surface area contributed by atoms with Gasteiger partial charge < -0.3 is 15.0 Å². The third kappa shape index (κ3) is 5.76. The van der Waals surface area contributed by atoms with E-state index in [4.69, 9.17) is 4.74 Å². The van der Waals surface area contributed by atoms with Crippen LogP contribution in [0.1, 0.15) is 38.5 Å². The monoisotopic (exact) mass is 353 g/mol. The molecule has 0 aliphatic carbocycles. The molecule has 5 nitrogen and oxygen atoms in total. The second-order valence-electron chi connectivity index (χ2n) is 6.62. The topological polar surface area (TPSA) is 54.5 Å². The van der Waals surface area contributed by atoms with Gasteiger partial charge in [-0.25, -0.2) is 4.98 Å². The molecule has 1 amide bonds. The number of aromatic nitrogens is 1. The molecule has 0 atom stereocenters. The number of nitrogens with one attached hydrogen (secondary N) is 1. The lowest BCUT2D eigenvalue weighted by Gasteiger charge is -2.22. The van der Waals surface area contributed by atoms with E-state index in [0.717, 1.165) is 24.5 Å². The fourth-order valence-corrected chi connectivity index (χ4v) is 3.12. The predicted molar refractivity (Wildman–Crippen MR) is 105 cm³/mol. The minimum atomic E-state index is -0.0308. The maximum Gasteiger partial charge on any atom is 0.225 e. The second-order valence-corrected chi connectivity index (χ2v) is 6.62. The molecule has 1 aliphatic heterocycles. The smallest absolute Gasteiger partial charge is 0.225 e. The van der Waals surface area contributed by atoms with Crippen molar-refractivity contribution < 1.29 is 9.53 Å². The molecule has 1 N–H and O–H groups in total. The Hall–Kier alpha value is -2.56. The molecular weight excluding hydrogens is 326 g/mol. The summed E-state index contributed by atoms with van der Waals surface area (Å²) in [7, 11) is 0. The Balaban J connectivity index is 1.39. The molecule has 0 radical (unpaired) electrons. The number of pyridine rings is 1. The van der Waals surface area contributed by atoms with E-state index < -0.39 is 0 Å². The van der Waals surface area contributed by atoms with E-state index in [1.54, 1.807) is 0 Å². The Morgan fingerprint density at radius 1 is 1.04 bits per heavy atom. The summed E-state index contributed by atoms with van der Waals surface area (Å²) >= 11 is 0. The van der Waals surface area contributed by atoms with E-state index in [0.29, 0.717) is 25.3 Å².